The number of amides is 1. The van der Waals surface area contributed by atoms with Gasteiger partial charge in [0, 0.05) is 29.3 Å². The van der Waals surface area contributed by atoms with E-state index >= 15 is 0 Å². The smallest absolute Gasteiger partial charge is 0.251 e. The van der Waals surface area contributed by atoms with Gasteiger partial charge >= 0.3 is 0 Å². The van der Waals surface area contributed by atoms with Crippen LogP contribution in [0.15, 0.2) is 42.2 Å². The van der Waals surface area contributed by atoms with Gasteiger partial charge in [0.1, 0.15) is 5.75 Å². The molecule has 2 atom stereocenters. The molecule has 2 aliphatic heterocycles. The van der Waals surface area contributed by atoms with Crippen molar-refractivity contribution in [3.05, 3.63) is 47.7 Å². The van der Waals surface area contributed by atoms with Gasteiger partial charge < -0.3 is 20.3 Å². The molecule has 3 aliphatic rings. The summed E-state index contributed by atoms with van der Waals surface area (Å²) in [5.74, 6) is 0.755. The van der Waals surface area contributed by atoms with Crippen LogP contribution < -0.4 is 15.4 Å². The predicted octanol–water partition coefficient (Wildman–Crippen LogP) is 3.09. The predicted molar refractivity (Wildman–Crippen MR) is 112 cm³/mol. The Balaban J connectivity index is 1.30. The first-order valence-corrected chi connectivity index (χ1v) is 10.7. The molecule has 0 radical (unpaired) electrons. The Morgan fingerprint density at radius 2 is 1.93 bits per heavy atom. The highest BCUT2D eigenvalue weighted by Crippen LogP contribution is 2.26. The molecular weight excluding hydrogens is 350 g/mol. The van der Waals surface area contributed by atoms with Crippen molar-refractivity contribution in [2.75, 3.05) is 19.6 Å². The number of para-hydroxylation sites is 1. The quantitative estimate of drug-likeness (QED) is 0.795. The van der Waals surface area contributed by atoms with Crippen LogP contribution in [0.4, 0.5) is 0 Å². The van der Waals surface area contributed by atoms with Gasteiger partial charge in [-0.05, 0) is 70.0 Å². The minimum absolute atomic E-state index is 0.0224. The van der Waals surface area contributed by atoms with E-state index in [-0.39, 0.29) is 11.9 Å². The van der Waals surface area contributed by atoms with E-state index in [9.17, 15) is 4.79 Å². The first-order valence-electron chi connectivity index (χ1n) is 10.7. The van der Waals surface area contributed by atoms with E-state index in [4.69, 9.17) is 4.74 Å². The normalized spacial score (nSPS) is 25.1. The monoisotopic (exact) mass is 381 g/mol. The maximum atomic E-state index is 12.8. The summed E-state index contributed by atoms with van der Waals surface area (Å²) in [5.41, 5.74) is 1.57. The Kier molecular flexibility index (Phi) is 6.13. The number of rotatable bonds is 6. The third kappa shape index (κ3) is 4.47. The third-order valence-corrected chi connectivity index (χ3v) is 6.10. The molecule has 1 saturated carbocycles. The lowest BCUT2D eigenvalue weighted by Gasteiger charge is -2.42. The van der Waals surface area contributed by atoms with Crippen molar-refractivity contribution in [2.45, 2.75) is 57.2 Å². The van der Waals surface area contributed by atoms with Crippen LogP contribution in [0.1, 0.15) is 44.6 Å². The summed E-state index contributed by atoms with van der Waals surface area (Å²) in [5, 5.41) is 7.03. The van der Waals surface area contributed by atoms with E-state index in [2.05, 4.69) is 22.5 Å². The Morgan fingerprint density at radius 3 is 2.68 bits per heavy atom. The molecular formula is C23H31N3O2. The van der Waals surface area contributed by atoms with Crippen LogP contribution in [0.25, 0.3) is 6.08 Å². The van der Waals surface area contributed by atoms with Gasteiger partial charge in [-0.3, -0.25) is 4.79 Å². The highest BCUT2D eigenvalue weighted by atomic mass is 16.5. The first kappa shape index (κ1) is 19.2. The minimum atomic E-state index is -0.0224. The molecule has 0 unspecified atom stereocenters. The van der Waals surface area contributed by atoms with Gasteiger partial charge in [-0.2, -0.15) is 0 Å². The highest BCUT2D eigenvalue weighted by Gasteiger charge is 2.34. The van der Waals surface area contributed by atoms with Crippen molar-refractivity contribution in [2.24, 2.45) is 0 Å². The summed E-state index contributed by atoms with van der Waals surface area (Å²) >= 11 is 0. The molecule has 150 valence electrons. The second kappa shape index (κ2) is 8.93. The number of nitrogens with zero attached hydrogens (tertiary/aromatic N) is 1. The molecule has 2 fully saturated rings. The molecule has 0 aromatic heterocycles. The van der Waals surface area contributed by atoms with Crippen LogP contribution in [0.3, 0.4) is 0 Å². The second-order valence-corrected chi connectivity index (χ2v) is 8.10. The van der Waals surface area contributed by atoms with Crippen molar-refractivity contribution in [1.82, 2.24) is 15.5 Å². The molecule has 0 bridgehead atoms. The van der Waals surface area contributed by atoms with Crippen molar-refractivity contribution in [1.29, 1.82) is 0 Å². The number of piperidine rings is 1. The Hall–Kier alpha value is -2.11. The average molecular weight is 382 g/mol. The molecule has 28 heavy (non-hydrogen) atoms. The number of hydrogen-bond acceptors (Lipinski definition) is 4. The van der Waals surface area contributed by atoms with Crippen LogP contribution in [-0.4, -0.2) is 48.6 Å². The molecule has 4 rings (SSSR count). The summed E-state index contributed by atoms with van der Waals surface area (Å²) in [7, 11) is 0. The van der Waals surface area contributed by atoms with E-state index in [1.165, 1.54) is 38.9 Å². The summed E-state index contributed by atoms with van der Waals surface area (Å²) in [6.07, 6.45) is 11.1. The Morgan fingerprint density at radius 1 is 1.14 bits per heavy atom. The molecule has 1 aliphatic carbocycles. The number of hydrogen-bond donors (Lipinski definition) is 2. The summed E-state index contributed by atoms with van der Waals surface area (Å²) in [4.78, 5) is 15.4. The van der Waals surface area contributed by atoms with Gasteiger partial charge in [-0.25, -0.2) is 0 Å². The largest absolute Gasteiger partial charge is 0.464 e. The topological polar surface area (TPSA) is 53.6 Å². The zero-order valence-electron chi connectivity index (χ0n) is 16.7. The number of nitrogens with one attached hydrogen (secondary N) is 2. The van der Waals surface area contributed by atoms with E-state index < -0.39 is 0 Å². The number of benzene rings is 1. The van der Waals surface area contributed by atoms with Crippen LogP contribution in [0.5, 0.6) is 5.75 Å². The van der Waals surface area contributed by atoms with Gasteiger partial charge in [0.05, 0.1) is 6.26 Å². The third-order valence-electron chi connectivity index (χ3n) is 6.10. The first-order chi connectivity index (χ1) is 13.7. The summed E-state index contributed by atoms with van der Waals surface area (Å²) in [6.45, 7) is 5.83. The molecule has 0 spiro atoms. The maximum Gasteiger partial charge on any atom is 0.251 e. The van der Waals surface area contributed by atoms with Gasteiger partial charge in [0.2, 0.25) is 0 Å². The average Bonchev–Trinajstić information content (AvgIpc) is 2.93. The molecule has 5 nitrogen and oxygen atoms in total. The van der Waals surface area contributed by atoms with Crippen LogP contribution in [0.2, 0.25) is 0 Å². The summed E-state index contributed by atoms with van der Waals surface area (Å²) in [6, 6.07) is 8.96. The molecule has 2 heterocycles. The lowest BCUT2D eigenvalue weighted by Crippen LogP contribution is -2.60. The van der Waals surface area contributed by atoms with Gasteiger partial charge in [0.25, 0.3) is 5.91 Å². The van der Waals surface area contributed by atoms with E-state index in [0.29, 0.717) is 17.7 Å². The molecule has 2 N–H and O–H groups in total. The van der Waals surface area contributed by atoms with Gasteiger partial charge in [-0.15, -0.1) is 0 Å². The molecule has 1 aromatic rings. The molecule has 1 saturated heterocycles. The maximum absolute atomic E-state index is 12.8. The van der Waals surface area contributed by atoms with Crippen molar-refractivity contribution in [3.8, 4) is 5.75 Å². The zero-order valence-corrected chi connectivity index (χ0v) is 16.7. The number of carbonyl (C=O) groups is 1. The van der Waals surface area contributed by atoms with Crippen LogP contribution >= 0.6 is 0 Å². The van der Waals surface area contributed by atoms with E-state index in [0.717, 1.165) is 24.2 Å². The fraction of sp³-hybridized carbons (Fsp3) is 0.522. The second-order valence-electron chi connectivity index (χ2n) is 8.10. The van der Waals surface area contributed by atoms with Crippen molar-refractivity contribution >= 4 is 12.0 Å². The lowest BCUT2D eigenvalue weighted by atomic mass is 9.84. The van der Waals surface area contributed by atoms with E-state index in [1.54, 1.807) is 12.3 Å². The molecule has 1 amide bonds. The van der Waals surface area contributed by atoms with Crippen LogP contribution in [-0.2, 0) is 4.79 Å². The number of likely N-dealkylation sites (tertiary alicyclic amines) is 1. The molecule has 5 heteroatoms. The minimum Gasteiger partial charge on any atom is -0.464 e. The number of carbonyl (C=O) groups excluding carboxylic acids is 1. The van der Waals surface area contributed by atoms with Crippen molar-refractivity contribution < 1.29 is 9.53 Å². The van der Waals surface area contributed by atoms with Gasteiger partial charge in [-0.1, -0.05) is 25.1 Å². The summed E-state index contributed by atoms with van der Waals surface area (Å²) < 4.78 is 5.59. The standard InChI is InChI=1S/C23H31N3O2/c1-2-12-26-13-9-19(10-14-26)24-20-7-8-21(20)25-23(27)18-11-15-28-22-6-4-3-5-17(22)16-18/h3-6,11,15-16,19-21,24H,2,7-10,12-14H2,1H3,(H,25,27)/t20-,21+/m1/s1. The Labute approximate surface area is 167 Å². The van der Waals surface area contributed by atoms with Crippen LogP contribution in [0, 0.1) is 0 Å². The van der Waals surface area contributed by atoms with E-state index in [1.807, 2.05) is 30.3 Å². The Bertz CT molecular complexity index is 750. The highest BCUT2D eigenvalue weighted by molar-refractivity contribution is 6.01. The zero-order chi connectivity index (χ0) is 19.3. The van der Waals surface area contributed by atoms with Crippen molar-refractivity contribution in [3.63, 3.8) is 0 Å². The van der Waals surface area contributed by atoms with Gasteiger partial charge in [0.15, 0.2) is 0 Å². The fourth-order valence-corrected chi connectivity index (χ4v) is 4.31. The number of fused-ring (bicyclic) bond motifs is 1. The number of ether oxygens (including phenoxy) is 1. The molecule has 1 aromatic carbocycles. The SMILES string of the molecule is CCCN1CCC(N[C@@H]2CC[C@@H]2NC(=O)C2=Cc3ccccc3OC=C2)CC1. The lowest BCUT2D eigenvalue weighted by molar-refractivity contribution is -0.118. The fourth-order valence-electron chi connectivity index (χ4n) is 4.31.